The maximum absolute atomic E-state index is 12.4. The Morgan fingerprint density at radius 2 is 2.21 bits per heavy atom. The molecular formula is C15H21F3N4OS. The van der Waals surface area contributed by atoms with Gasteiger partial charge >= 0.3 is 6.18 Å². The van der Waals surface area contributed by atoms with E-state index in [4.69, 9.17) is 5.73 Å². The van der Waals surface area contributed by atoms with E-state index in [1.165, 1.54) is 6.07 Å². The Morgan fingerprint density at radius 1 is 1.42 bits per heavy atom. The molecule has 24 heavy (non-hydrogen) atoms. The lowest BCUT2D eigenvalue weighted by atomic mass is 10.1. The largest absolute Gasteiger partial charge is 0.417 e. The number of hydrogen-bond donors (Lipinski definition) is 2. The predicted molar refractivity (Wildman–Crippen MR) is 88.6 cm³/mol. The number of carbonyl (C=O) groups is 1. The minimum absolute atomic E-state index is 0.00244. The topological polar surface area (TPSA) is 71.2 Å². The van der Waals surface area contributed by atoms with Gasteiger partial charge in [0.15, 0.2) is 0 Å². The first-order valence-corrected chi connectivity index (χ1v) is 8.92. The van der Waals surface area contributed by atoms with Crippen molar-refractivity contribution in [2.45, 2.75) is 31.5 Å². The molecule has 0 unspecified atom stereocenters. The first-order valence-electron chi connectivity index (χ1n) is 7.77. The van der Waals surface area contributed by atoms with Crippen molar-refractivity contribution in [1.29, 1.82) is 0 Å². The molecule has 1 amide bonds. The molecule has 0 aromatic carbocycles. The van der Waals surface area contributed by atoms with Crippen molar-refractivity contribution in [3.05, 3.63) is 23.9 Å². The number of thioether (sulfide) groups is 1. The van der Waals surface area contributed by atoms with Crippen molar-refractivity contribution in [3.8, 4) is 0 Å². The summed E-state index contributed by atoms with van der Waals surface area (Å²) in [6, 6.07) is 1.83. The predicted octanol–water partition coefficient (Wildman–Crippen LogP) is 2.54. The highest BCUT2D eigenvalue weighted by Crippen LogP contribution is 2.28. The summed E-state index contributed by atoms with van der Waals surface area (Å²) in [5.41, 5.74) is 5.14. The minimum Gasteiger partial charge on any atom is -0.370 e. The SMILES string of the molecule is N[C@@H](CCCCNc1ccc(C(F)(F)F)cn1)C(=O)N1CCSC1. The third-order valence-electron chi connectivity index (χ3n) is 3.72. The van der Waals surface area contributed by atoms with Crippen LogP contribution in [0.5, 0.6) is 0 Å². The summed E-state index contributed by atoms with van der Waals surface area (Å²) in [6.45, 7) is 1.33. The smallest absolute Gasteiger partial charge is 0.370 e. The van der Waals surface area contributed by atoms with Gasteiger partial charge in [0.25, 0.3) is 0 Å². The molecule has 1 aromatic rings. The van der Waals surface area contributed by atoms with E-state index in [9.17, 15) is 18.0 Å². The van der Waals surface area contributed by atoms with Crippen LogP contribution in [0.2, 0.25) is 0 Å². The number of halogens is 3. The number of hydrogen-bond acceptors (Lipinski definition) is 5. The summed E-state index contributed by atoms with van der Waals surface area (Å²) in [7, 11) is 0. The van der Waals surface area contributed by atoms with Crippen LogP contribution in [0.4, 0.5) is 19.0 Å². The van der Waals surface area contributed by atoms with Crippen LogP contribution >= 0.6 is 11.8 Å². The van der Waals surface area contributed by atoms with Crippen LogP contribution < -0.4 is 11.1 Å². The maximum atomic E-state index is 12.4. The molecule has 1 saturated heterocycles. The number of nitrogens with zero attached hydrogens (tertiary/aromatic N) is 2. The van der Waals surface area contributed by atoms with Crippen LogP contribution in [-0.4, -0.2) is 46.6 Å². The second kappa shape index (κ2) is 8.57. The number of anilines is 1. The van der Waals surface area contributed by atoms with Crippen molar-refractivity contribution >= 4 is 23.5 Å². The van der Waals surface area contributed by atoms with Gasteiger partial charge in [-0.15, -0.1) is 11.8 Å². The van der Waals surface area contributed by atoms with Gasteiger partial charge < -0.3 is 16.0 Å². The Labute approximate surface area is 143 Å². The lowest BCUT2D eigenvalue weighted by molar-refractivity contribution is -0.137. The molecule has 9 heteroatoms. The van der Waals surface area contributed by atoms with Gasteiger partial charge in [0.05, 0.1) is 17.5 Å². The van der Waals surface area contributed by atoms with Crippen molar-refractivity contribution < 1.29 is 18.0 Å². The van der Waals surface area contributed by atoms with Gasteiger partial charge in [0.1, 0.15) is 5.82 Å². The number of rotatable bonds is 7. The fraction of sp³-hybridized carbons (Fsp3) is 0.600. The standard InChI is InChI=1S/C15H21F3N4OS/c16-15(17,18)11-4-5-13(21-9-11)20-6-2-1-3-12(19)14(23)22-7-8-24-10-22/h4-5,9,12H,1-3,6-8,10,19H2,(H,20,21)/t12-/m0/s1. The second-order valence-corrected chi connectivity index (χ2v) is 6.67. The Kier molecular flexibility index (Phi) is 6.73. The highest BCUT2D eigenvalue weighted by molar-refractivity contribution is 7.99. The van der Waals surface area contributed by atoms with E-state index in [0.29, 0.717) is 24.7 Å². The normalized spacial score (nSPS) is 16.2. The summed E-state index contributed by atoms with van der Waals surface area (Å²) in [4.78, 5) is 17.5. The zero-order valence-corrected chi connectivity index (χ0v) is 14.0. The van der Waals surface area contributed by atoms with E-state index in [2.05, 4.69) is 10.3 Å². The summed E-state index contributed by atoms with van der Waals surface area (Å²) in [5.74, 6) is 2.07. The van der Waals surface area contributed by atoms with E-state index in [0.717, 1.165) is 37.4 Å². The van der Waals surface area contributed by atoms with Crippen LogP contribution in [-0.2, 0) is 11.0 Å². The van der Waals surface area contributed by atoms with Crippen molar-refractivity contribution in [2.75, 3.05) is 30.0 Å². The highest BCUT2D eigenvalue weighted by Gasteiger charge is 2.30. The third kappa shape index (κ3) is 5.55. The van der Waals surface area contributed by atoms with Gasteiger partial charge in [0.2, 0.25) is 5.91 Å². The van der Waals surface area contributed by atoms with Crippen LogP contribution in [0.25, 0.3) is 0 Å². The number of amides is 1. The number of carbonyl (C=O) groups excluding carboxylic acids is 1. The van der Waals surface area contributed by atoms with Gasteiger partial charge in [-0.2, -0.15) is 13.2 Å². The monoisotopic (exact) mass is 362 g/mol. The number of pyridine rings is 1. The number of aromatic nitrogens is 1. The Balaban J connectivity index is 1.63. The molecule has 0 aliphatic carbocycles. The average Bonchev–Trinajstić information content (AvgIpc) is 3.07. The molecule has 0 spiro atoms. The Morgan fingerprint density at radius 3 is 2.79 bits per heavy atom. The number of nitrogens with one attached hydrogen (secondary N) is 1. The summed E-state index contributed by atoms with van der Waals surface area (Å²) in [5, 5.41) is 2.96. The number of nitrogens with two attached hydrogens (primary N) is 1. The van der Waals surface area contributed by atoms with E-state index < -0.39 is 17.8 Å². The van der Waals surface area contributed by atoms with Crippen molar-refractivity contribution in [1.82, 2.24) is 9.88 Å². The number of alkyl halides is 3. The maximum Gasteiger partial charge on any atom is 0.417 e. The van der Waals surface area contributed by atoms with Gasteiger partial charge in [-0.05, 0) is 31.4 Å². The first-order chi connectivity index (χ1) is 11.4. The fourth-order valence-corrected chi connectivity index (χ4v) is 3.27. The summed E-state index contributed by atoms with van der Waals surface area (Å²) in [6.07, 6.45) is -1.44. The third-order valence-corrected chi connectivity index (χ3v) is 4.69. The van der Waals surface area contributed by atoms with Crippen LogP contribution in [0.3, 0.4) is 0 Å². The molecule has 3 N–H and O–H groups in total. The Bertz CT molecular complexity index is 533. The molecule has 0 radical (unpaired) electrons. The zero-order valence-electron chi connectivity index (χ0n) is 13.2. The van der Waals surface area contributed by atoms with Gasteiger partial charge in [-0.3, -0.25) is 4.79 Å². The van der Waals surface area contributed by atoms with E-state index in [1.807, 2.05) is 0 Å². The first kappa shape index (κ1) is 18.9. The van der Waals surface area contributed by atoms with Crippen molar-refractivity contribution in [3.63, 3.8) is 0 Å². The van der Waals surface area contributed by atoms with Crippen LogP contribution in [0.1, 0.15) is 24.8 Å². The van der Waals surface area contributed by atoms with Gasteiger partial charge in [-0.25, -0.2) is 4.98 Å². The molecular weight excluding hydrogens is 341 g/mol. The summed E-state index contributed by atoms with van der Waals surface area (Å²) < 4.78 is 37.3. The second-order valence-electron chi connectivity index (χ2n) is 5.60. The van der Waals surface area contributed by atoms with Crippen LogP contribution in [0, 0.1) is 0 Å². The minimum atomic E-state index is -4.37. The van der Waals surface area contributed by atoms with Gasteiger partial charge in [0, 0.05) is 25.0 Å². The lowest BCUT2D eigenvalue weighted by Gasteiger charge is -2.19. The van der Waals surface area contributed by atoms with E-state index in [1.54, 1.807) is 16.7 Å². The molecule has 1 aromatic heterocycles. The quantitative estimate of drug-likeness (QED) is 0.730. The molecule has 0 saturated carbocycles. The number of unbranched alkanes of at least 4 members (excludes halogenated alkanes) is 1. The molecule has 1 atom stereocenters. The van der Waals surface area contributed by atoms with E-state index >= 15 is 0 Å². The molecule has 0 bridgehead atoms. The highest BCUT2D eigenvalue weighted by atomic mass is 32.2. The molecule has 2 heterocycles. The van der Waals surface area contributed by atoms with Crippen LogP contribution in [0.15, 0.2) is 18.3 Å². The van der Waals surface area contributed by atoms with Crippen molar-refractivity contribution in [2.24, 2.45) is 5.73 Å². The summed E-state index contributed by atoms with van der Waals surface area (Å²) >= 11 is 1.72. The Hall–Kier alpha value is -1.48. The fourth-order valence-electron chi connectivity index (χ4n) is 2.32. The average molecular weight is 362 g/mol. The van der Waals surface area contributed by atoms with Gasteiger partial charge in [-0.1, -0.05) is 0 Å². The molecule has 2 rings (SSSR count). The molecule has 5 nitrogen and oxygen atoms in total. The van der Waals surface area contributed by atoms with E-state index in [-0.39, 0.29) is 5.91 Å². The molecule has 1 aliphatic heterocycles. The zero-order chi connectivity index (χ0) is 17.6. The lowest BCUT2D eigenvalue weighted by Crippen LogP contribution is -2.42. The molecule has 1 fully saturated rings. The molecule has 134 valence electrons. The molecule has 1 aliphatic rings.